The average Bonchev–Trinajstić information content (AvgIpc) is 3.10. The molecule has 2 aromatic carbocycles. The van der Waals surface area contributed by atoms with Gasteiger partial charge in [0.25, 0.3) is 0 Å². The zero-order valence-electron chi connectivity index (χ0n) is 15.8. The monoisotopic (exact) mass is 458 g/mol. The molecule has 28 heavy (non-hydrogen) atoms. The summed E-state index contributed by atoms with van der Waals surface area (Å²) in [7, 11) is -3.41. The van der Waals surface area contributed by atoms with Crippen LogP contribution in [-0.4, -0.2) is 30.4 Å². The van der Waals surface area contributed by atoms with E-state index in [2.05, 4.69) is 51.7 Å². The Hall–Kier alpha value is -1.89. The lowest BCUT2D eigenvalue weighted by Gasteiger charge is -2.26. The highest BCUT2D eigenvalue weighted by Gasteiger charge is 2.25. The Morgan fingerprint density at radius 2 is 1.61 bits per heavy atom. The van der Waals surface area contributed by atoms with Crippen LogP contribution < -0.4 is 0 Å². The number of piperidine rings is 1. The molecule has 0 bridgehead atoms. The van der Waals surface area contributed by atoms with E-state index in [1.807, 2.05) is 24.3 Å². The predicted molar refractivity (Wildman–Crippen MR) is 116 cm³/mol. The lowest BCUT2D eigenvalue weighted by Crippen LogP contribution is -2.35. The average molecular weight is 459 g/mol. The number of aryl methyl sites for hydroxylation is 1. The predicted octanol–water partition coefficient (Wildman–Crippen LogP) is 5.39. The highest BCUT2D eigenvalue weighted by molar-refractivity contribution is 9.10. The third-order valence-corrected chi connectivity index (χ3v) is 7.65. The van der Waals surface area contributed by atoms with Crippen LogP contribution in [0.1, 0.15) is 25.0 Å². The first-order chi connectivity index (χ1) is 13.5. The van der Waals surface area contributed by atoms with Crippen LogP contribution in [0.3, 0.4) is 0 Å². The summed E-state index contributed by atoms with van der Waals surface area (Å²) in [6, 6.07) is 19.6. The molecule has 4 rings (SSSR count). The highest BCUT2D eigenvalue weighted by atomic mass is 79.9. The molecule has 0 aliphatic carbocycles. The van der Waals surface area contributed by atoms with Crippen molar-refractivity contribution in [3.05, 3.63) is 70.8 Å². The molecule has 1 aliphatic heterocycles. The third kappa shape index (κ3) is 3.69. The minimum atomic E-state index is -3.41. The summed E-state index contributed by atoms with van der Waals surface area (Å²) in [5, 5.41) is 0. The van der Waals surface area contributed by atoms with Crippen molar-refractivity contribution in [2.75, 3.05) is 13.1 Å². The normalized spacial score (nSPS) is 15.6. The molecule has 0 N–H and O–H groups in total. The van der Waals surface area contributed by atoms with Crippen LogP contribution in [0.4, 0.5) is 0 Å². The number of halogens is 1. The Morgan fingerprint density at radius 1 is 0.893 bits per heavy atom. The minimum Gasteiger partial charge on any atom is -0.314 e. The Morgan fingerprint density at radius 3 is 2.29 bits per heavy atom. The molecule has 6 heteroatoms. The van der Waals surface area contributed by atoms with Gasteiger partial charge in [0, 0.05) is 28.9 Å². The number of rotatable bonds is 4. The van der Waals surface area contributed by atoms with Crippen LogP contribution in [-0.2, 0) is 10.0 Å². The second-order valence-electron chi connectivity index (χ2n) is 7.16. The van der Waals surface area contributed by atoms with Gasteiger partial charge in [0.05, 0.1) is 10.6 Å². The van der Waals surface area contributed by atoms with Gasteiger partial charge < -0.3 is 4.57 Å². The van der Waals surface area contributed by atoms with Gasteiger partial charge in [0.1, 0.15) is 0 Å². The van der Waals surface area contributed by atoms with Crippen molar-refractivity contribution in [1.82, 2.24) is 8.87 Å². The van der Waals surface area contributed by atoms with E-state index in [0.29, 0.717) is 18.0 Å². The van der Waals surface area contributed by atoms with Crippen LogP contribution in [0.2, 0.25) is 0 Å². The smallest absolute Gasteiger partial charge is 0.243 e. The maximum absolute atomic E-state index is 12.9. The summed E-state index contributed by atoms with van der Waals surface area (Å²) in [6.07, 6.45) is 2.99. The standard InChI is InChI=1S/C22H23BrN2O2S/c1-17-8-13-22(18-6-5-7-19(23)16-18)25(17)20-9-11-21(12-10-20)28(26,27)24-14-3-2-4-15-24/h5-13,16H,2-4,14-15H2,1H3. The lowest BCUT2D eigenvalue weighted by molar-refractivity contribution is 0.346. The summed E-state index contributed by atoms with van der Waals surface area (Å²) in [5.74, 6) is 0. The van der Waals surface area contributed by atoms with E-state index in [0.717, 1.165) is 46.4 Å². The topological polar surface area (TPSA) is 42.3 Å². The van der Waals surface area contributed by atoms with Crippen molar-refractivity contribution >= 4 is 26.0 Å². The molecule has 1 fully saturated rings. The number of sulfonamides is 1. The summed E-state index contributed by atoms with van der Waals surface area (Å²) in [4.78, 5) is 0.368. The highest BCUT2D eigenvalue weighted by Crippen LogP contribution is 2.29. The fraction of sp³-hybridized carbons (Fsp3) is 0.273. The molecular weight excluding hydrogens is 436 g/mol. The van der Waals surface area contributed by atoms with Crippen molar-refractivity contribution in [3.8, 4) is 16.9 Å². The van der Waals surface area contributed by atoms with Crippen molar-refractivity contribution in [1.29, 1.82) is 0 Å². The van der Waals surface area contributed by atoms with E-state index in [9.17, 15) is 8.42 Å². The van der Waals surface area contributed by atoms with Crippen molar-refractivity contribution in [2.24, 2.45) is 0 Å². The van der Waals surface area contributed by atoms with Gasteiger partial charge in [-0.3, -0.25) is 0 Å². The van der Waals surface area contributed by atoms with E-state index in [4.69, 9.17) is 0 Å². The lowest BCUT2D eigenvalue weighted by atomic mass is 10.1. The molecule has 0 amide bonds. The molecular formula is C22H23BrN2O2S. The molecule has 1 aliphatic rings. The van der Waals surface area contributed by atoms with Gasteiger partial charge in [-0.15, -0.1) is 0 Å². The summed E-state index contributed by atoms with van der Waals surface area (Å²) in [6.45, 7) is 3.29. The molecule has 1 saturated heterocycles. The van der Waals surface area contributed by atoms with Gasteiger partial charge in [-0.1, -0.05) is 34.5 Å². The zero-order valence-corrected chi connectivity index (χ0v) is 18.2. The second-order valence-corrected chi connectivity index (χ2v) is 10.0. The fourth-order valence-corrected chi connectivity index (χ4v) is 5.69. The second kappa shape index (κ2) is 7.85. The van der Waals surface area contributed by atoms with Crippen molar-refractivity contribution < 1.29 is 8.42 Å². The molecule has 0 unspecified atom stereocenters. The maximum atomic E-state index is 12.9. The molecule has 2 heterocycles. The SMILES string of the molecule is Cc1ccc(-c2cccc(Br)c2)n1-c1ccc(S(=O)(=O)N2CCCCC2)cc1. The van der Waals surface area contributed by atoms with Gasteiger partial charge >= 0.3 is 0 Å². The largest absolute Gasteiger partial charge is 0.314 e. The van der Waals surface area contributed by atoms with Crippen LogP contribution >= 0.6 is 15.9 Å². The number of benzene rings is 2. The maximum Gasteiger partial charge on any atom is 0.243 e. The van der Waals surface area contributed by atoms with E-state index in [1.165, 1.54) is 0 Å². The Labute approximate surface area is 175 Å². The quantitative estimate of drug-likeness (QED) is 0.525. The molecule has 0 saturated carbocycles. The van der Waals surface area contributed by atoms with Crippen LogP contribution in [0.15, 0.2) is 70.0 Å². The van der Waals surface area contributed by atoms with Gasteiger partial charge in [-0.05, 0) is 73.9 Å². The molecule has 0 spiro atoms. The van der Waals surface area contributed by atoms with Crippen LogP contribution in [0.25, 0.3) is 16.9 Å². The van der Waals surface area contributed by atoms with E-state index in [-0.39, 0.29) is 0 Å². The summed E-state index contributed by atoms with van der Waals surface area (Å²) < 4.78 is 30.6. The summed E-state index contributed by atoms with van der Waals surface area (Å²) in [5.41, 5.74) is 4.23. The summed E-state index contributed by atoms with van der Waals surface area (Å²) >= 11 is 3.54. The first-order valence-corrected chi connectivity index (χ1v) is 11.7. The van der Waals surface area contributed by atoms with E-state index in [1.54, 1.807) is 16.4 Å². The van der Waals surface area contributed by atoms with Crippen LogP contribution in [0.5, 0.6) is 0 Å². The zero-order chi connectivity index (χ0) is 19.7. The molecule has 4 nitrogen and oxygen atoms in total. The molecule has 1 aromatic heterocycles. The molecule has 3 aromatic rings. The minimum absolute atomic E-state index is 0.368. The van der Waals surface area contributed by atoms with Gasteiger partial charge in [-0.2, -0.15) is 4.31 Å². The third-order valence-electron chi connectivity index (χ3n) is 5.24. The number of aromatic nitrogens is 1. The van der Waals surface area contributed by atoms with E-state index < -0.39 is 10.0 Å². The van der Waals surface area contributed by atoms with Gasteiger partial charge in [0.15, 0.2) is 0 Å². The van der Waals surface area contributed by atoms with Crippen molar-refractivity contribution in [3.63, 3.8) is 0 Å². The molecule has 0 radical (unpaired) electrons. The van der Waals surface area contributed by atoms with E-state index >= 15 is 0 Å². The Kier molecular flexibility index (Phi) is 5.45. The fourth-order valence-electron chi connectivity index (χ4n) is 3.78. The van der Waals surface area contributed by atoms with Crippen LogP contribution in [0, 0.1) is 6.92 Å². The number of nitrogens with zero attached hydrogens (tertiary/aromatic N) is 2. The Bertz CT molecular complexity index is 1080. The first-order valence-electron chi connectivity index (χ1n) is 9.52. The molecule has 0 atom stereocenters. The number of hydrogen-bond acceptors (Lipinski definition) is 2. The Balaban J connectivity index is 1.69. The van der Waals surface area contributed by atoms with Gasteiger partial charge in [0.2, 0.25) is 10.0 Å². The van der Waals surface area contributed by atoms with Gasteiger partial charge in [-0.25, -0.2) is 8.42 Å². The number of hydrogen-bond donors (Lipinski definition) is 0. The molecule has 146 valence electrons. The van der Waals surface area contributed by atoms with Crippen molar-refractivity contribution in [2.45, 2.75) is 31.1 Å². The first kappa shape index (κ1) is 19.4.